The Morgan fingerprint density at radius 3 is 2.79 bits per heavy atom. The molecule has 0 bridgehead atoms. The number of aromatic nitrogens is 2. The van der Waals surface area contributed by atoms with Crippen LogP contribution in [0.1, 0.15) is 25.7 Å². The van der Waals surface area contributed by atoms with Crippen molar-refractivity contribution in [3.63, 3.8) is 0 Å². The molecule has 0 aromatic carbocycles. The number of halogens is 1. The zero-order chi connectivity index (χ0) is 13.2. The summed E-state index contributed by atoms with van der Waals surface area (Å²) in [5.74, 6) is 0.887. The van der Waals surface area contributed by atoms with Gasteiger partial charge < -0.3 is 9.64 Å². The van der Waals surface area contributed by atoms with E-state index in [1.807, 2.05) is 4.90 Å². The molecule has 5 nitrogen and oxygen atoms in total. The molecule has 3 rings (SSSR count). The molecule has 1 aromatic heterocycles. The molecule has 0 N–H and O–H groups in total. The van der Waals surface area contributed by atoms with Crippen LogP contribution in [0.2, 0.25) is 5.02 Å². The molecule has 1 aromatic rings. The number of carbonyl (C=O) groups is 1. The number of hydrogen-bond acceptors (Lipinski definition) is 4. The minimum Gasteiger partial charge on any atom is -0.458 e. The van der Waals surface area contributed by atoms with E-state index in [0.717, 1.165) is 13.0 Å². The summed E-state index contributed by atoms with van der Waals surface area (Å²) >= 11 is 5.71. The summed E-state index contributed by atoms with van der Waals surface area (Å²) in [7, 11) is 0. The van der Waals surface area contributed by atoms with Crippen molar-refractivity contribution in [3.8, 4) is 6.01 Å². The van der Waals surface area contributed by atoms with Crippen molar-refractivity contribution in [2.24, 2.45) is 5.92 Å². The van der Waals surface area contributed by atoms with Crippen molar-refractivity contribution in [1.82, 2.24) is 14.9 Å². The predicted octanol–water partition coefficient (Wildman–Crippen LogP) is 1.91. The summed E-state index contributed by atoms with van der Waals surface area (Å²) < 4.78 is 5.66. The molecule has 2 aliphatic rings. The van der Waals surface area contributed by atoms with Crippen LogP contribution in [0.3, 0.4) is 0 Å². The van der Waals surface area contributed by atoms with Gasteiger partial charge in [-0.05, 0) is 18.8 Å². The van der Waals surface area contributed by atoms with E-state index in [0.29, 0.717) is 29.9 Å². The highest BCUT2D eigenvalue weighted by Crippen LogP contribution is 2.33. The van der Waals surface area contributed by atoms with Gasteiger partial charge in [-0.15, -0.1) is 0 Å². The quantitative estimate of drug-likeness (QED) is 0.846. The van der Waals surface area contributed by atoms with Crippen molar-refractivity contribution in [1.29, 1.82) is 0 Å². The monoisotopic (exact) mass is 281 g/mol. The van der Waals surface area contributed by atoms with E-state index < -0.39 is 0 Å². The molecule has 102 valence electrons. The zero-order valence-corrected chi connectivity index (χ0v) is 11.3. The van der Waals surface area contributed by atoms with Crippen LogP contribution in [0.4, 0.5) is 0 Å². The molecule has 19 heavy (non-hydrogen) atoms. The van der Waals surface area contributed by atoms with E-state index in [-0.39, 0.29) is 12.0 Å². The fraction of sp³-hybridized carbons (Fsp3) is 0.615. The highest BCUT2D eigenvalue weighted by Gasteiger charge is 2.32. The fourth-order valence-corrected chi connectivity index (χ4v) is 2.36. The maximum atomic E-state index is 12.0. The van der Waals surface area contributed by atoms with Crippen LogP contribution in [-0.2, 0) is 4.79 Å². The summed E-state index contributed by atoms with van der Waals surface area (Å²) in [6.07, 6.45) is 6.95. The highest BCUT2D eigenvalue weighted by atomic mass is 35.5. The number of carbonyl (C=O) groups excluding carboxylic acids is 1. The van der Waals surface area contributed by atoms with E-state index in [4.69, 9.17) is 16.3 Å². The second-order valence-corrected chi connectivity index (χ2v) is 5.64. The normalized spacial score (nSPS) is 22.6. The molecule has 1 saturated carbocycles. The predicted molar refractivity (Wildman–Crippen MR) is 70.0 cm³/mol. The number of ether oxygens (including phenoxy) is 1. The number of nitrogens with zero attached hydrogens (tertiary/aromatic N) is 3. The lowest BCUT2D eigenvalue weighted by atomic mass is 10.2. The van der Waals surface area contributed by atoms with Gasteiger partial charge in [-0.1, -0.05) is 11.6 Å². The molecule has 0 spiro atoms. The van der Waals surface area contributed by atoms with E-state index in [1.165, 1.54) is 25.2 Å². The van der Waals surface area contributed by atoms with E-state index in [2.05, 4.69) is 9.97 Å². The minimum absolute atomic E-state index is 0.00988. The molecule has 0 radical (unpaired) electrons. The van der Waals surface area contributed by atoms with Crippen molar-refractivity contribution < 1.29 is 9.53 Å². The summed E-state index contributed by atoms with van der Waals surface area (Å²) in [5.41, 5.74) is 0. The van der Waals surface area contributed by atoms with Gasteiger partial charge in [0.2, 0.25) is 5.91 Å². The van der Waals surface area contributed by atoms with Crippen LogP contribution in [0, 0.1) is 5.92 Å². The van der Waals surface area contributed by atoms with Crippen LogP contribution < -0.4 is 4.74 Å². The Kier molecular flexibility index (Phi) is 3.55. The molecule has 0 unspecified atom stereocenters. The van der Waals surface area contributed by atoms with E-state index in [9.17, 15) is 4.79 Å². The smallest absolute Gasteiger partial charge is 0.316 e. The second-order valence-electron chi connectivity index (χ2n) is 5.20. The van der Waals surface area contributed by atoms with Crippen molar-refractivity contribution >= 4 is 17.5 Å². The Bertz CT molecular complexity index is 461. The Morgan fingerprint density at radius 2 is 2.11 bits per heavy atom. The molecule has 6 heteroatoms. The van der Waals surface area contributed by atoms with Gasteiger partial charge in [0, 0.05) is 19.4 Å². The summed E-state index contributed by atoms with van der Waals surface area (Å²) in [5, 5.41) is 0.486. The average molecular weight is 282 g/mol. The van der Waals surface area contributed by atoms with Crippen LogP contribution in [-0.4, -0.2) is 40.0 Å². The van der Waals surface area contributed by atoms with Crippen LogP contribution in [0.5, 0.6) is 6.01 Å². The van der Waals surface area contributed by atoms with Gasteiger partial charge >= 0.3 is 6.01 Å². The largest absolute Gasteiger partial charge is 0.458 e. The van der Waals surface area contributed by atoms with Crippen LogP contribution in [0.15, 0.2) is 12.4 Å². The van der Waals surface area contributed by atoms with Crippen molar-refractivity contribution in [3.05, 3.63) is 17.4 Å². The molecule has 1 amide bonds. The first-order chi connectivity index (χ1) is 9.20. The lowest BCUT2D eigenvalue weighted by molar-refractivity contribution is -0.130. The van der Waals surface area contributed by atoms with Gasteiger partial charge in [0.05, 0.1) is 24.0 Å². The summed E-state index contributed by atoms with van der Waals surface area (Å²) in [4.78, 5) is 21.9. The van der Waals surface area contributed by atoms with Crippen LogP contribution in [0.25, 0.3) is 0 Å². The third-order valence-corrected chi connectivity index (χ3v) is 3.72. The average Bonchev–Trinajstić information content (AvgIpc) is 3.08. The van der Waals surface area contributed by atoms with Crippen molar-refractivity contribution in [2.45, 2.75) is 31.8 Å². The van der Waals surface area contributed by atoms with Gasteiger partial charge in [0.1, 0.15) is 6.10 Å². The maximum Gasteiger partial charge on any atom is 0.316 e. The van der Waals surface area contributed by atoms with Gasteiger partial charge in [-0.25, -0.2) is 9.97 Å². The topological polar surface area (TPSA) is 55.3 Å². The summed E-state index contributed by atoms with van der Waals surface area (Å²) in [6.45, 7) is 1.40. The molecule has 1 aliphatic heterocycles. The van der Waals surface area contributed by atoms with Crippen LogP contribution >= 0.6 is 11.6 Å². The Balaban J connectivity index is 1.50. The van der Waals surface area contributed by atoms with Crippen molar-refractivity contribution in [2.75, 3.05) is 13.1 Å². The molecule has 2 heterocycles. The van der Waals surface area contributed by atoms with E-state index >= 15 is 0 Å². The number of likely N-dealkylation sites (tertiary alicyclic amines) is 1. The first-order valence-electron chi connectivity index (χ1n) is 6.62. The lowest BCUT2D eigenvalue weighted by Gasteiger charge is -2.16. The Morgan fingerprint density at radius 1 is 1.37 bits per heavy atom. The molecule has 2 fully saturated rings. The third-order valence-electron chi connectivity index (χ3n) is 3.53. The molecule has 1 saturated heterocycles. The number of rotatable bonds is 4. The molecular formula is C13H16ClN3O2. The lowest BCUT2D eigenvalue weighted by Crippen LogP contribution is -2.31. The molecule has 1 atom stereocenters. The van der Waals surface area contributed by atoms with Gasteiger partial charge in [-0.3, -0.25) is 4.79 Å². The first kappa shape index (κ1) is 12.7. The minimum atomic E-state index is -0.00988. The first-order valence-corrected chi connectivity index (χ1v) is 7.00. The maximum absolute atomic E-state index is 12.0. The second kappa shape index (κ2) is 5.33. The SMILES string of the molecule is O=C(CC1CC1)N1CC[C@H](Oc2ncc(Cl)cn2)C1. The van der Waals surface area contributed by atoms with Gasteiger partial charge in [0.25, 0.3) is 0 Å². The fourth-order valence-electron chi connectivity index (χ4n) is 2.26. The zero-order valence-electron chi connectivity index (χ0n) is 10.6. The number of hydrogen-bond donors (Lipinski definition) is 0. The Labute approximate surface area is 116 Å². The number of amides is 1. The molecular weight excluding hydrogens is 266 g/mol. The van der Waals surface area contributed by atoms with Gasteiger partial charge in [0.15, 0.2) is 0 Å². The van der Waals surface area contributed by atoms with E-state index in [1.54, 1.807) is 0 Å². The standard InChI is InChI=1S/C13H16ClN3O2/c14-10-6-15-13(16-7-10)19-11-3-4-17(8-11)12(18)5-9-1-2-9/h6-7,9,11H,1-5,8H2/t11-/m0/s1. The third kappa shape index (κ3) is 3.35. The highest BCUT2D eigenvalue weighted by molar-refractivity contribution is 6.30. The molecule has 1 aliphatic carbocycles. The van der Waals surface area contributed by atoms with Gasteiger partial charge in [-0.2, -0.15) is 0 Å². The Hall–Kier alpha value is -1.36. The summed E-state index contributed by atoms with van der Waals surface area (Å²) in [6, 6.07) is 0.325.